The van der Waals surface area contributed by atoms with Crippen LogP contribution in [-0.2, 0) is 6.54 Å². The van der Waals surface area contributed by atoms with E-state index in [2.05, 4.69) is 36.5 Å². The summed E-state index contributed by atoms with van der Waals surface area (Å²) in [6.45, 7) is 6.27. The van der Waals surface area contributed by atoms with Gasteiger partial charge in [-0.05, 0) is 58.1 Å². The first-order chi connectivity index (χ1) is 8.65. The summed E-state index contributed by atoms with van der Waals surface area (Å²) in [5.41, 5.74) is 1.13. The fourth-order valence-corrected chi connectivity index (χ4v) is 2.74. The van der Waals surface area contributed by atoms with Crippen molar-refractivity contribution in [2.75, 3.05) is 6.54 Å². The van der Waals surface area contributed by atoms with Gasteiger partial charge in [0.1, 0.15) is 0 Å². The summed E-state index contributed by atoms with van der Waals surface area (Å²) in [5, 5.41) is 8.48. The van der Waals surface area contributed by atoms with Crippen LogP contribution in [-0.4, -0.2) is 21.7 Å². The summed E-state index contributed by atoms with van der Waals surface area (Å²) in [4.78, 5) is 0. The predicted octanol–water partition coefficient (Wildman–Crippen LogP) is 3.35. The molecule has 1 saturated carbocycles. The van der Waals surface area contributed by atoms with Crippen LogP contribution in [0.2, 0.25) is 0 Å². The van der Waals surface area contributed by atoms with E-state index in [9.17, 15) is 0 Å². The van der Waals surface area contributed by atoms with E-state index in [4.69, 9.17) is 11.6 Å². The van der Waals surface area contributed by atoms with Gasteiger partial charge < -0.3 is 5.32 Å². The Morgan fingerprint density at radius 2 is 2.11 bits per heavy atom. The molecule has 1 aromatic rings. The molecule has 18 heavy (non-hydrogen) atoms. The Kier molecular flexibility index (Phi) is 5.07. The van der Waals surface area contributed by atoms with E-state index in [1.165, 1.54) is 25.7 Å². The van der Waals surface area contributed by atoms with Crippen LogP contribution in [0.1, 0.15) is 51.3 Å². The molecule has 0 unspecified atom stereocenters. The molecule has 2 rings (SSSR count). The van der Waals surface area contributed by atoms with Crippen LogP contribution in [0, 0.1) is 5.92 Å². The summed E-state index contributed by atoms with van der Waals surface area (Å²) in [7, 11) is 0. The molecule has 4 heteroatoms. The highest BCUT2D eigenvalue weighted by atomic mass is 35.5. The minimum Gasteiger partial charge on any atom is -0.311 e. The summed E-state index contributed by atoms with van der Waals surface area (Å²) in [5.74, 6) is 0.798. The number of rotatable bonds is 5. The van der Waals surface area contributed by atoms with E-state index >= 15 is 0 Å². The Hall–Kier alpha value is -0.540. The average Bonchev–Trinajstić information content (AvgIpc) is 2.81. The van der Waals surface area contributed by atoms with Gasteiger partial charge in [-0.15, -0.1) is 11.6 Å². The molecule has 0 saturated heterocycles. The molecule has 0 aromatic carbocycles. The zero-order valence-electron chi connectivity index (χ0n) is 11.4. The molecule has 0 bridgehead atoms. The molecule has 0 radical (unpaired) electrons. The van der Waals surface area contributed by atoms with E-state index in [1.54, 1.807) is 0 Å². The standard InChI is InChI=1S/C14H24ClN3/c1-11(2)18-8-7-14(17-18)10-16-9-12-3-5-13(15)6-4-12/h7-8,11-13,16H,3-6,9-10H2,1-2H3. The van der Waals surface area contributed by atoms with Crippen LogP contribution in [0.3, 0.4) is 0 Å². The molecule has 0 amide bonds. The third kappa shape index (κ3) is 3.99. The van der Waals surface area contributed by atoms with Crippen molar-refractivity contribution < 1.29 is 0 Å². The molecule has 102 valence electrons. The van der Waals surface area contributed by atoms with E-state index in [-0.39, 0.29) is 0 Å². The minimum absolute atomic E-state index is 0.419. The van der Waals surface area contributed by atoms with Gasteiger partial charge >= 0.3 is 0 Å². The highest BCUT2D eigenvalue weighted by molar-refractivity contribution is 6.20. The molecular formula is C14H24ClN3. The van der Waals surface area contributed by atoms with Gasteiger partial charge in [-0.25, -0.2) is 0 Å². The van der Waals surface area contributed by atoms with Crippen LogP contribution >= 0.6 is 11.6 Å². The molecule has 3 nitrogen and oxygen atoms in total. The monoisotopic (exact) mass is 269 g/mol. The van der Waals surface area contributed by atoms with Gasteiger partial charge in [0.05, 0.1) is 5.69 Å². The Labute approximate surface area is 115 Å². The van der Waals surface area contributed by atoms with Gasteiger partial charge in [0.25, 0.3) is 0 Å². The second-order valence-corrected chi connectivity index (χ2v) is 6.25. The van der Waals surface area contributed by atoms with E-state index < -0.39 is 0 Å². The van der Waals surface area contributed by atoms with Crippen molar-refractivity contribution in [2.45, 2.75) is 57.5 Å². The number of nitrogens with one attached hydrogen (secondary N) is 1. The molecule has 1 fully saturated rings. The van der Waals surface area contributed by atoms with Gasteiger partial charge in [-0.1, -0.05) is 0 Å². The Balaban J connectivity index is 1.68. The van der Waals surface area contributed by atoms with Crippen LogP contribution in [0.25, 0.3) is 0 Å². The molecule has 1 aliphatic carbocycles. The zero-order valence-corrected chi connectivity index (χ0v) is 12.2. The Morgan fingerprint density at radius 1 is 1.39 bits per heavy atom. The second-order valence-electron chi connectivity index (χ2n) is 5.63. The van der Waals surface area contributed by atoms with Crippen molar-refractivity contribution in [1.82, 2.24) is 15.1 Å². The van der Waals surface area contributed by atoms with Crippen molar-refractivity contribution in [3.05, 3.63) is 18.0 Å². The topological polar surface area (TPSA) is 29.9 Å². The third-order valence-corrected chi connectivity index (χ3v) is 4.14. The average molecular weight is 270 g/mol. The van der Waals surface area contributed by atoms with E-state index in [1.807, 2.05) is 4.68 Å². The maximum atomic E-state index is 6.11. The van der Waals surface area contributed by atoms with Crippen molar-refractivity contribution in [1.29, 1.82) is 0 Å². The second kappa shape index (κ2) is 6.58. The molecular weight excluding hydrogens is 246 g/mol. The number of hydrogen-bond donors (Lipinski definition) is 1. The number of nitrogens with zero attached hydrogens (tertiary/aromatic N) is 2. The number of hydrogen-bond acceptors (Lipinski definition) is 2. The summed E-state index contributed by atoms with van der Waals surface area (Å²) >= 11 is 6.11. The molecule has 0 aliphatic heterocycles. The summed E-state index contributed by atoms with van der Waals surface area (Å²) in [6.07, 6.45) is 6.94. The normalized spacial score (nSPS) is 24.7. The van der Waals surface area contributed by atoms with Crippen LogP contribution in [0.5, 0.6) is 0 Å². The highest BCUT2D eigenvalue weighted by Crippen LogP contribution is 2.26. The largest absolute Gasteiger partial charge is 0.311 e. The van der Waals surface area contributed by atoms with Crippen LogP contribution in [0.15, 0.2) is 12.3 Å². The third-order valence-electron chi connectivity index (χ3n) is 3.71. The van der Waals surface area contributed by atoms with Gasteiger partial charge in [0.15, 0.2) is 0 Å². The van der Waals surface area contributed by atoms with Crippen molar-refractivity contribution in [3.8, 4) is 0 Å². The first kappa shape index (κ1) is 13.9. The van der Waals surface area contributed by atoms with Crippen LogP contribution in [0.4, 0.5) is 0 Å². The Morgan fingerprint density at radius 3 is 2.72 bits per heavy atom. The molecule has 1 heterocycles. The highest BCUT2D eigenvalue weighted by Gasteiger charge is 2.18. The smallest absolute Gasteiger partial charge is 0.0762 e. The molecule has 1 aromatic heterocycles. The quantitative estimate of drug-likeness (QED) is 0.831. The number of halogens is 1. The van der Waals surface area contributed by atoms with Crippen LogP contribution < -0.4 is 5.32 Å². The first-order valence-electron chi connectivity index (χ1n) is 7.04. The lowest BCUT2D eigenvalue weighted by Crippen LogP contribution is -2.26. The first-order valence-corrected chi connectivity index (χ1v) is 7.47. The van der Waals surface area contributed by atoms with Gasteiger partial charge in [-0.3, -0.25) is 4.68 Å². The zero-order chi connectivity index (χ0) is 13.0. The van der Waals surface area contributed by atoms with Gasteiger partial charge in [-0.2, -0.15) is 5.10 Å². The SMILES string of the molecule is CC(C)n1ccc(CNCC2CCC(Cl)CC2)n1. The number of alkyl halides is 1. The summed E-state index contributed by atoms with van der Waals surface area (Å²) < 4.78 is 2.01. The maximum Gasteiger partial charge on any atom is 0.0762 e. The van der Waals surface area contributed by atoms with E-state index in [0.717, 1.165) is 24.7 Å². The minimum atomic E-state index is 0.419. The lowest BCUT2D eigenvalue weighted by molar-refractivity contribution is 0.344. The molecule has 1 N–H and O–H groups in total. The fourth-order valence-electron chi connectivity index (χ4n) is 2.49. The lowest BCUT2D eigenvalue weighted by Gasteiger charge is -2.24. The molecule has 1 aliphatic rings. The van der Waals surface area contributed by atoms with Crippen molar-refractivity contribution in [2.24, 2.45) is 5.92 Å². The molecule has 0 atom stereocenters. The maximum absolute atomic E-state index is 6.11. The number of aromatic nitrogens is 2. The van der Waals surface area contributed by atoms with E-state index in [0.29, 0.717) is 11.4 Å². The predicted molar refractivity (Wildman–Crippen MR) is 75.9 cm³/mol. The van der Waals surface area contributed by atoms with Crippen molar-refractivity contribution in [3.63, 3.8) is 0 Å². The Bertz CT molecular complexity index is 354. The van der Waals surface area contributed by atoms with Gasteiger partial charge in [0, 0.05) is 24.2 Å². The van der Waals surface area contributed by atoms with Crippen molar-refractivity contribution >= 4 is 11.6 Å². The van der Waals surface area contributed by atoms with Gasteiger partial charge in [0.2, 0.25) is 0 Å². The lowest BCUT2D eigenvalue weighted by atomic mass is 9.89. The molecule has 0 spiro atoms. The fraction of sp³-hybridized carbons (Fsp3) is 0.786. The summed E-state index contributed by atoms with van der Waals surface area (Å²) in [6, 6.07) is 2.54.